The molecule has 2 fully saturated rings. The summed E-state index contributed by atoms with van der Waals surface area (Å²) in [4.78, 5) is 27.9. The maximum atomic E-state index is 12.5. The van der Waals surface area contributed by atoms with Gasteiger partial charge >= 0.3 is 0 Å². The summed E-state index contributed by atoms with van der Waals surface area (Å²) in [7, 11) is -3.67. The van der Waals surface area contributed by atoms with E-state index in [1.54, 1.807) is 26.6 Å². The molecule has 0 saturated carbocycles. The highest BCUT2D eigenvalue weighted by Crippen LogP contribution is 2.24. The molecule has 0 unspecified atom stereocenters. The van der Waals surface area contributed by atoms with E-state index in [1.165, 1.54) is 0 Å². The van der Waals surface area contributed by atoms with Gasteiger partial charge in [0.1, 0.15) is 5.69 Å². The van der Waals surface area contributed by atoms with Crippen LogP contribution in [0.1, 0.15) is 57.3 Å². The third-order valence-electron chi connectivity index (χ3n) is 6.33. The molecule has 4 rings (SSSR count). The molecule has 0 spiro atoms. The summed E-state index contributed by atoms with van der Waals surface area (Å²) in [6.45, 7) is 8.48. The van der Waals surface area contributed by atoms with Gasteiger partial charge in [0.05, 0.1) is 23.7 Å². The first-order valence-electron chi connectivity index (χ1n) is 11.6. The van der Waals surface area contributed by atoms with Crippen molar-refractivity contribution >= 4 is 21.8 Å². The molecule has 34 heavy (non-hydrogen) atoms. The Morgan fingerprint density at radius 1 is 1.18 bits per heavy atom. The number of carbonyl (C=O) groups is 2. The van der Waals surface area contributed by atoms with Crippen molar-refractivity contribution in [1.82, 2.24) is 29.5 Å². The lowest BCUT2D eigenvalue weighted by atomic mass is 9.87. The first kappa shape index (κ1) is 24.3. The molecule has 10 nitrogen and oxygen atoms in total. The highest BCUT2D eigenvalue weighted by Gasteiger charge is 2.33. The second kappa shape index (κ2) is 9.46. The molecule has 0 aliphatic carbocycles. The van der Waals surface area contributed by atoms with Crippen LogP contribution in [0.25, 0.3) is 0 Å². The average Bonchev–Trinajstić information content (AvgIpc) is 3.36. The van der Waals surface area contributed by atoms with Gasteiger partial charge in [0.25, 0.3) is 0 Å². The number of aromatic nitrogens is 3. The Hall–Kier alpha value is -2.79. The third kappa shape index (κ3) is 5.47. The number of benzene rings is 1. The van der Waals surface area contributed by atoms with Crippen LogP contribution in [0, 0.1) is 0 Å². The smallest absolute Gasteiger partial charge is 0.240 e. The van der Waals surface area contributed by atoms with Crippen molar-refractivity contribution in [3.05, 3.63) is 41.7 Å². The number of nitrogens with zero attached hydrogens (tertiary/aromatic N) is 5. The quantitative estimate of drug-likeness (QED) is 0.601. The van der Waals surface area contributed by atoms with Crippen LogP contribution in [-0.2, 0) is 31.6 Å². The van der Waals surface area contributed by atoms with Gasteiger partial charge in [-0.25, -0.2) is 17.8 Å². The van der Waals surface area contributed by atoms with E-state index in [9.17, 15) is 18.0 Å². The van der Waals surface area contributed by atoms with Crippen molar-refractivity contribution in [1.29, 1.82) is 0 Å². The largest absolute Gasteiger partial charge is 0.338 e. The number of carbonyl (C=O) groups excluding carboxylic acids is 2. The predicted molar refractivity (Wildman–Crippen MR) is 125 cm³/mol. The zero-order valence-corrected chi connectivity index (χ0v) is 20.7. The zero-order chi connectivity index (χ0) is 24.5. The molecule has 0 bridgehead atoms. The number of hydrogen-bond donors (Lipinski definition) is 1. The molecular weight excluding hydrogens is 456 g/mol. The van der Waals surface area contributed by atoms with E-state index in [-0.39, 0.29) is 41.1 Å². The normalized spacial score (nSPS) is 17.3. The second-order valence-corrected chi connectivity index (χ2v) is 11.8. The number of amides is 2. The lowest BCUT2D eigenvalue weighted by Gasteiger charge is -2.39. The summed E-state index contributed by atoms with van der Waals surface area (Å²) in [6, 6.07) is 6.86. The Bertz CT molecular complexity index is 1150. The van der Waals surface area contributed by atoms with Gasteiger partial charge in [0, 0.05) is 39.0 Å². The molecule has 2 aromatic rings. The van der Waals surface area contributed by atoms with Gasteiger partial charge < -0.3 is 9.80 Å². The van der Waals surface area contributed by atoms with Crippen molar-refractivity contribution < 1.29 is 18.0 Å². The van der Waals surface area contributed by atoms with Gasteiger partial charge in [-0.3, -0.25) is 9.59 Å². The number of likely N-dealkylation sites (tertiary alicyclic amines) is 2. The first-order chi connectivity index (χ1) is 16.0. The van der Waals surface area contributed by atoms with Crippen LogP contribution in [0.4, 0.5) is 0 Å². The van der Waals surface area contributed by atoms with Gasteiger partial charge in [-0.1, -0.05) is 38.1 Å². The minimum Gasteiger partial charge on any atom is -0.338 e. The molecular formula is C23H32N6O4S. The Kier molecular flexibility index (Phi) is 6.77. The molecule has 1 N–H and O–H groups in total. The summed E-state index contributed by atoms with van der Waals surface area (Å²) in [5.41, 5.74) is 1.74. The van der Waals surface area contributed by atoms with Crippen LogP contribution in [0.3, 0.4) is 0 Å². The summed E-state index contributed by atoms with van der Waals surface area (Å²) in [6.07, 6.45) is 3.39. The Balaban J connectivity index is 1.21. The van der Waals surface area contributed by atoms with E-state index in [0.29, 0.717) is 26.1 Å². The van der Waals surface area contributed by atoms with E-state index >= 15 is 0 Å². The third-order valence-corrected chi connectivity index (χ3v) is 7.81. The van der Waals surface area contributed by atoms with E-state index < -0.39 is 10.0 Å². The van der Waals surface area contributed by atoms with Crippen LogP contribution in [-0.4, -0.2) is 71.2 Å². The Labute approximate surface area is 200 Å². The van der Waals surface area contributed by atoms with Crippen LogP contribution < -0.4 is 4.72 Å². The number of sulfonamides is 1. The van der Waals surface area contributed by atoms with Crippen molar-refractivity contribution in [3.8, 4) is 0 Å². The van der Waals surface area contributed by atoms with Crippen molar-refractivity contribution in [2.45, 2.75) is 62.9 Å². The van der Waals surface area contributed by atoms with Gasteiger partial charge in [0.2, 0.25) is 21.8 Å². The van der Waals surface area contributed by atoms with Crippen LogP contribution >= 0.6 is 0 Å². The van der Waals surface area contributed by atoms with Gasteiger partial charge in [-0.05, 0) is 29.5 Å². The fourth-order valence-corrected chi connectivity index (χ4v) is 5.16. The van der Waals surface area contributed by atoms with E-state index in [0.717, 1.165) is 24.2 Å². The Morgan fingerprint density at radius 2 is 1.88 bits per heavy atom. The van der Waals surface area contributed by atoms with Gasteiger partial charge in [-0.15, -0.1) is 5.10 Å². The Morgan fingerprint density at radius 3 is 2.50 bits per heavy atom. The molecule has 11 heteroatoms. The minimum atomic E-state index is -3.67. The maximum Gasteiger partial charge on any atom is 0.240 e. The zero-order valence-electron chi connectivity index (χ0n) is 19.9. The predicted octanol–water partition coefficient (Wildman–Crippen LogP) is 1.45. The van der Waals surface area contributed by atoms with E-state index in [1.807, 2.05) is 18.3 Å². The topological polar surface area (TPSA) is 118 Å². The summed E-state index contributed by atoms with van der Waals surface area (Å²) in [5, 5.41) is 8.30. The fourth-order valence-electron chi connectivity index (χ4n) is 4.13. The van der Waals surface area contributed by atoms with Crippen molar-refractivity contribution in [3.63, 3.8) is 0 Å². The van der Waals surface area contributed by atoms with Gasteiger partial charge in [-0.2, -0.15) is 0 Å². The SMILES string of the molecule is CC(C)(C)c1ccc(S(=O)(=O)NCCC(=O)N2CC(n3cc(CN4CCCC4=O)nn3)C2)cc1. The molecule has 2 amide bonds. The molecule has 3 heterocycles. The molecule has 1 aromatic heterocycles. The molecule has 184 valence electrons. The van der Waals surface area contributed by atoms with E-state index in [4.69, 9.17) is 0 Å². The van der Waals surface area contributed by atoms with Crippen LogP contribution in [0.5, 0.6) is 0 Å². The van der Waals surface area contributed by atoms with Crippen molar-refractivity contribution in [2.24, 2.45) is 0 Å². The molecule has 1 aromatic carbocycles. The molecule has 2 aliphatic heterocycles. The molecule has 0 atom stereocenters. The van der Waals surface area contributed by atoms with Crippen LogP contribution in [0.2, 0.25) is 0 Å². The van der Waals surface area contributed by atoms with Crippen LogP contribution in [0.15, 0.2) is 35.4 Å². The molecule has 0 radical (unpaired) electrons. The van der Waals surface area contributed by atoms with Crippen molar-refractivity contribution in [2.75, 3.05) is 26.2 Å². The first-order valence-corrected chi connectivity index (χ1v) is 13.1. The maximum absolute atomic E-state index is 12.5. The highest BCUT2D eigenvalue weighted by atomic mass is 32.2. The number of nitrogens with one attached hydrogen (secondary N) is 1. The number of rotatable bonds is 8. The average molecular weight is 489 g/mol. The molecule has 2 aliphatic rings. The summed E-state index contributed by atoms with van der Waals surface area (Å²) in [5.74, 6) is 0.0394. The minimum absolute atomic E-state index is 0.0394. The molecule has 2 saturated heterocycles. The summed E-state index contributed by atoms with van der Waals surface area (Å²) < 4.78 is 29.3. The summed E-state index contributed by atoms with van der Waals surface area (Å²) >= 11 is 0. The highest BCUT2D eigenvalue weighted by molar-refractivity contribution is 7.89. The number of hydrogen-bond acceptors (Lipinski definition) is 6. The lowest BCUT2D eigenvalue weighted by molar-refractivity contribution is -0.137. The lowest BCUT2D eigenvalue weighted by Crippen LogP contribution is -2.51. The fraction of sp³-hybridized carbons (Fsp3) is 0.565. The second-order valence-electron chi connectivity index (χ2n) is 9.98. The van der Waals surface area contributed by atoms with E-state index in [2.05, 4.69) is 35.8 Å². The standard InChI is InChI=1S/C23H32N6O4S/c1-23(2,3)17-6-8-20(9-7-17)34(32,33)24-11-10-22(31)28-15-19(16-28)29-14-18(25-26-29)13-27-12-4-5-21(27)30/h6-9,14,19,24H,4-5,10-13,15-16H2,1-3H3. The monoisotopic (exact) mass is 488 g/mol. The van der Waals surface area contributed by atoms with Gasteiger partial charge in [0.15, 0.2) is 0 Å².